The normalized spacial score (nSPS) is 14.7. The fraction of sp³-hybridized carbons (Fsp3) is 0.222. The van der Waals surface area contributed by atoms with Crippen LogP contribution in [0.5, 0.6) is 0 Å². The van der Waals surface area contributed by atoms with Crippen LogP contribution in [0.1, 0.15) is 51.5 Å². The predicted octanol–water partition coefficient (Wildman–Crippen LogP) is 5.47. The van der Waals surface area contributed by atoms with Gasteiger partial charge in [0.05, 0.1) is 24.1 Å². The molecule has 0 unspecified atom stereocenters. The van der Waals surface area contributed by atoms with Crippen molar-refractivity contribution in [2.24, 2.45) is 7.05 Å². The molecule has 1 saturated carbocycles. The van der Waals surface area contributed by atoms with Gasteiger partial charge in [-0.05, 0) is 54.3 Å². The lowest BCUT2D eigenvalue weighted by molar-refractivity contribution is 0.0995. The first-order valence-corrected chi connectivity index (χ1v) is 12.2. The van der Waals surface area contributed by atoms with E-state index in [9.17, 15) is 18.8 Å². The summed E-state index contributed by atoms with van der Waals surface area (Å²) < 4.78 is 31.0. The van der Waals surface area contributed by atoms with E-state index in [1.807, 2.05) is 19.2 Å². The van der Waals surface area contributed by atoms with Crippen LogP contribution in [-0.2, 0) is 19.5 Å². The average Bonchev–Trinajstić information content (AvgIpc) is 3.60. The number of nitriles is 1. The number of pyridine rings is 1. The number of carbonyl (C=O) groups is 1. The number of aryl methyl sites for hydroxylation is 1. The van der Waals surface area contributed by atoms with E-state index in [2.05, 4.69) is 16.3 Å². The summed E-state index contributed by atoms with van der Waals surface area (Å²) in [6.45, 7) is -0.135. The zero-order valence-electron chi connectivity index (χ0n) is 19.7. The molecule has 2 aliphatic rings. The molecule has 184 valence electrons. The minimum atomic E-state index is -1.06. The molecule has 0 spiro atoms. The smallest absolute Gasteiger partial charge is 0.260 e. The third-order valence-corrected chi connectivity index (χ3v) is 7.12. The van der Waals surface area contributed by atoms with Crippen molar-refractivity contribution in [1.29, 1.82) is 5.26 Å². The van der Waals surface area contributed by atoms with Crippen molar-refractivity contribution in [2.75, 3.05) is 4.90 Å². The fourth-order valence-electron chi connectivity index (χ4n) is 4.72. The molecular formula is C27H19ClF2N6O. The number of hydrogen-bond donors (Lipinski definition) is 0. The zero-order valence-corrected chi connectivity index (χ0v) is 20.4. The lowest BCUT2D eigenvalue weighted by Gasteiger charge is -2.18. The molecule has 1 amide bonds. The molecule has 0 radical (unpaired) electrons. The molecule has 0 N–H and O–H groups in total. The quantitative estimate of drug-likeness (QED) is 0.328. The number of aromatic nitrogens is 4. The summed E-state index contributed by atoms with van der Waals surface area (Å²) in [5.41, 5.74) is 3.57. The van der Waals surface area contributed by atoms with E-state index < -0.39 is 17.5 Å². The Kier molecular flexibility index (Phi) is 5.50. The predicted molar refractivity (Wildman–Crippen MR) is 133 cm³/mol. The van der Waals surface area contributed by atoms with E-state index in [1.54, 1.807) is 29.1 Å². The molecular weight excluding hydrogens is 498 g/mol. The number of halogens is 3. The number of nitrogens with zero attached hydrogens (tertiary/aromatic N) is 6. The summed E-state index contributed by atoms with van der Waals surface area (Å²) in [7, 11) is 1.81. The van der Waals surface area contributed by atoms with Crippen molar-refractivity contribution >= 4 is 23.3 Å². The number of benzene rings is 2. The van der Waals surface area contributed by atoms with Gasteiger partial charge in [-0.15, -0.1) is 21.8 Å². The molecule has 0 bridgehead atoms. The molecule has 7 nitrogen and oxygen atoms in total. The third-order valence-electron chi connectivity index (χ3n) is 6.83. The molecule has 37 heavy (non-hydrogen) atoms. The van der Waals surface area contributed by atoms with Gasteiger partial charge in [0.25, 0.3) is 5.91 Å². The van der Waals surface area contributed by atoms with Gasteiger partial charge in [0.2, 0.25) is 0 Å². The minimum Gasteiger partial charge on any atom is -0.317 e. The maximum atomic E-state index is 14.8. The number of carbonyl (C=O) groups excluding carboxylic acids is 1. The number of fused-ring (bicyclic) bond motifs is 1. The van der Waals surface area contributed by atoms with Crippen molar-refractivity contribution in [2.45, 2.75) is 31.2 Å². The third kappa shape index (κ3) is 3.85. The number of anilines is 1. The number of hydrogen-bond acceptors (Lipinski definition) is 5. The van der Waals surface area contributed by atoms with Gasteiger partial charge >= 0.3 is 0 Å². The van der Waals surface area contributed by atoms with Gasteiger partial charge in [0, 0.05) is 40.9 Å². The van der Waals surface area contributed by atoms with E-state index in [-0.39, 0.29) is 35.0 Å². The highest BCUT2D eigenvalue weighted by atomic mass is 35.5. The molecule has 0 atom stereocenters. The molecule has 2 aromatic carbocycles. The van der Waals surface area contributed by atoms with Gasteiger partial charge in [-0.1, -0.05) is 6.07 Å². The Balaban J connectivity index is 1.50. The summed E-state index contributed by atoms with van der Waals surface area (Å²) in [6, 6.07) is 12.5. The molecule has 4 aromatic rings. The SMILES string of the molecule is Cn1cnnc1-c1cc(C#N)ccc1-c1cc(C2CC2)nc(N2Cc3c(cc(CCl)c(F)c3F)C2=O)c1. The van der Waals surface area contributed by atoms with Crippen LogP contribution in [0.25, 0.3) is 22.5 Å². The highest BCUT2D eigenvalue weighted by Gasteiger charge is 2.35. The first-order valence-electron chi connectivity index (χ1n) is 11.7. The molecule has 2 aromatic heterocycles. The standard InChI is InChI=1S/C27H19ClF2N6O/c1-35-13-32-34-26(35)19-6-14(11-31)2-5-18(19)16-8-22(15-3-4-15)33-23(9-16)36-12-21-20(27(36)37)7-17(10-28)24(29)25(21)30/h2,5-9,13,15H,3-4,10,12H2,1H3. The van der Waals surface area contributed by atoms with Crippen LogP contribution < -0.4 is 4.90 Å². The average molecular weight is 517 g/mol. The second kappa shape index (κ2) is 8.75. The Bertz CT molecular complexity index is 1640. The van der Waals surface area contributed by atoms with Gasteiger partial charge < -0.3 is 4.57 Å². The Morgan fingerprint density at radius 2 is 1.92 bits per heavy atom. The largest absolute Gasteiger partial charge is 0.317 e. The first-order chi connectivity index (χ1) is 17.9. The first kappa shape index (κ1) is 23.3. The van der Waals surface area contributed by atoms with E-state index >= 15 is 0 Å². The second-order valence-electron chi connectivity index (χ2n) is 9.27. The van der Waals surface area contributed by atoms with Crippen LogP contribution in [0, 0.1) is 23.0 Å². The van der Waals surface area contributed by atoms with Gasteiger partial charge in [0.1, 0.15) is 12.1 Å². The second-order valence-corrected chi connectivity index (χ2v) is 9.53. The number of amides is 1. The molecule has 1 fully saturated rings. The monoisotopic (exact) mass is 516 g/mol. The van der Waals surface area contributed by atoms with Crippen molar-refractivity contribution < 1.29 is 13.6 Å². The Hall–Kier alpha value is -4.16. The van der Waals surface area contributed by atoms with Gasteiger partial charge in [-0.25, -0.2) is 13.8 Å². The lowest BCUT2D eigenvalue weighted by atomic mass is 9.96. The van der Waals surface area contributed by atoms with E-state index in [0.717, 1.165) is 29.7 Å². The highest BCUT2D eigenvalue weighted by Crippen LogP contribution is 2.43. The fourth-order valence-corrected chi connectivity index (χ4v) is 4.91. The Morgan fingerprint density at radius 1 is 1.11 bits per heavy atom. The highest BCUT2D eigenvalue weighted by molar-refractivity contribution is 6.17. The van der Waals surface area contributed by atoms with Crippen LogP contribution in [-0.4, -0.2) is 25.7 Å². The van der Waals surface area contributed by atoms with Gasteiger partial charge in [-0.2, -0.15) is 5.26 Å². The number of rotatable bonds is 5. The lowest BCUT2D eigenvalue weighted by Crippen LogP contribution is -2.24. The van der Waals surface area contributed by atoms with Gasteiger partial charge in [0.15, 0.2) is 17.5 Å². The molecule has 3 heterocycles. The molecule has 10 heteroatoms. The van der Waals surface area contributed by atoms with Gasteiger partial charge in [-0.3, -0.25) is 9.69 Å². The molecule has 6 rings (SSSR count). The summed E-state index contributed by atoms with van der Waals surface area (Å²) >= 11 is 5.77. The zero-order chi connectivity index (χ0) is 25.8. The van der Waals surface area contributed by atoms with Crippen LogP contribution in [0.2, 0.25) is 0 Å². The molecule has 1 aliphatic carbocycles. The van der Waals surface area contributed by atoms with Crippen molar-refractivity contribution in [1.82, 2.24) is 19.7 Å². The van der Waals surface area contributed by atoms with Crippen molar-refractivity contribution in [3.8, 4) is 28.6 Å². The van der Waals surface area contributed by atoms with Crippen molar-refractivity contribution in [3.05, 3.63) is 82.3 Å². The summed E-state index contributed by atoms with van der Waals surface area (Å²) in [5, 5.41) is 17.7. The van der Waals surface area contributed by atoms with E-state index in [0.29, 0.717) is 22.8 Å². The number of alkyl halides is 1. The summed E-state index contributed by atoms with van der Waals surface area (Å²) in [6.07, 6.45) is 3.54. The maximum absolute atomic E-state index is 14.8. The van der Waals surface area contributed by atoms with Crippen molar-refractivity contribution in [3.63, 3.8) is 0 Å². The Labute approximate surface area is 216 Å². The Morgan fingerprint density at radius 3 is 2.59 bits per heavy atom. The van der Waals surface area contributed by atoms with Crippen LogP contribution >= 0.6 is 11.6 Å². The summed E-state index contributed by atoms with van der Waals surface area (Å²) in [4.78, 5) is 19.5. The molecule has 0 saturated heterocycles. The van der Waals surface area contributed by atoms with Crippen LogP contribution in [0.15, 0.2) is 42.7 Å². The summed E-state index contributed by atoms with van der Waals surface area (Å²) in [5.74, 6) is -1.61. The molecule has 1 aliphatic heterocycles. The van der Waals surface area contributed by atoms with E-state index in [4.69, 9.17) is 16.6 Å². The minimum absolute atomic E-state index is 0.00492. The van der Waals surface area contributed by atoms with Crippen LogP contribution in [0.3, 0.4) is 0 Å². The van der Waals surface area contributed by atoms with E-state index in [1.165, 1.54) is 11.0 Å². The topological polar surface area (TPSA) is 87.7 Å². The maximum Gasteiger partial charge on any atom is 0.260 e. The van der Waals surface area contributed by atoms with Crippen LogP contribution in [0.4, 0.5) is 14.6 Å².